The summed E-state index contributed by atoms with van der Waals surface area (Å²) in [7, 11) is 1.64. The topological polar surface area (TPSA) is 50.7 Å². The summed E-state index contributed by atoms with van der Waals surface area (Å²) in [4.78, 5) is 0. The lowest BCUT2D eigenvalue weighted by atomic mass is 9.95. The maximum absolute atomic E-state index is 8.80. The third-order valence-electron chi connectivity index (χ3n) is 3.78. The zero-order valence-corrected chi connectivity index (χ0v) is 12.2. The number of aliphatic hydroxyl groups excluding tert-OH is 1. The monoisotopic (exact) mass is 279 g/mol. The van der Waals surface area contributed by atoms with Crippen molar-refractivity contribution in [3.8, 4) is 11.5 Å². The molecule has 4 heteroatoms. The van der Waals surface area contributed by atoms with Gasteiger partial charge in [0.15, 0.2) is 11.5 Å². The molecule has 2 rings (SSSR count). The fraction of sp³-hybridized carbons (Fsp3) is 0.625. The molecule has 0 unspecified atom stereocenters. The van der Waals surface area contributed by atoms with E-state index in [0.717, 1.165) is 12.3 Å². The van der Waals surface area contributed by atoms with Crippen molar-refractivity contribution in [2.24, 2.45) is 0 Å². The van der Waals surface area contributed by atoms with Crippen molar-refractivity contribution in [2.45, 2.75) is 44.7 Å². The van der Waals surface area contributed by atoms with Crippen molar-refractivity contribution < 1.29 is 14.6 Å². The van der Waals surface area contributed by atoms with E-state index in [1.54, 1.807) is 7.11 Å². The molecule has 112 valence electrons. The smallest absolute Gasteiger partial charge is 0.161 e. The molecule has 1 aliphatic carbocycles. The van der Waals surface area contributed by atoms with E-state index in [4.69, 9.17) is 14.6 Å². The Kier molecular flexibility index (Phi) is 6.15. The number of rotatable bonds is 7. The number of hydrogen-bond donors (Lipinski definition) is 2. The summed E-state index contributed by atoms with van der Waals surface area (Å²) in [5, 5.41) is 12.4. The first-order chi connectivity index (χ1) is 9.83. The molecule has 0 amide bonds. The average molecular weight is 279 g/mol. The van der Waals surface area contributed by atoms with Gasteiger partial charge < -0.3 is 19.9 Å². The fourth-order valence-electron chi connectivity index (χ4n) is 2.67. The van der Waals surface area contributed by atoms with E-state index in [2.05, 4.69) is 5.32 Å². The fourth-order valence-corrected chi connectivity index (χ4v) is 2.67. The molecule has 1 aromatic rings. The number of nitrogens with one attached hydrogen (secondary N) is 1. The van der Waals surface area contributed by atoms with Crippen LogP contribution in [0.15, 0.2) is 18.2 Å². The molecule has 1 aromatic carbocycles. The van der Waals surface area contributed by atoms with Crippen molar-refractivity contribution in [3.63, 3.8) is 0 Å². The summed E-state index contributed by atoms with van der Waals surface area (Å²) in [6.45, 7) is 1.16. The molecule has 0 atom stereocenters. The van der Waals surface area contributed by atoms with Gasteiger partial charge in [0, 0.05) is 12.6 Å². The highest BCUT2D eigenvalue weighted by Gasteiger charge is 2.13. The normalized spacial score (nSPS) is 16.1. The van der Waals surface area contributed by atoms with Gasteiger partial charge in [-0.3, -0.25) is 0 Å². The highest BCUT2D eigenvalue weighted by molar-refractivity contribution is 5.42. The van der Waals surface area contributed by atoms with E-state index in [-0.39, 0.29) is 13.2 Å². The molecular formula is C16H25NO3. The molecule has 1 saturated carbocycles. The molecule has 0 spiro atoms. The Morgan fingerprint density at radius 1 is 1.20 bits per heavy atom. The van der Waals surface area contributed by atoms with Crippen molar-refractivity contribution >= 4 is 0 Å². The van der Waals surface area contributed by atoms with E-state index in [1.165, 1.54) is 37.7 Å². The van der Waals surface area contributed by atoms with Gasteiger partial charge in [0.2, 0.25) is 0 Å². The van der Waals surface area contributed by atoms with Gasteiger partial charge in [-0.25, -0.2) is 0 Å². The Balaban J connectivity index is 1.90. The van der Waals surface area contributed by atoms with Gasteiger partial charge in [-0.1, -0.05) is 25.3 Å². The average Bonchev–Trinajstić information content (AvgIpc) is 2.52. The van der Waals surface area contributed by atoms with E-state index < -0.39 is 0 Å². The summed E-state index contributed by atoms with van der Waals surface area (Å²) in [5.74, 6) is 1.41. The van der Waals surface area contributed by atoms with Gasteiger partial charge in [-0.15, -0.1) is 0 Å². The largest absolute Gasteiger partial charge is 0.493 e. The van der Waals surface area contributed by atoms with Crippen LogP contribution in [0.5, 0.6) is 11.5 Å². The lowest BCUT2D eigenvalue weighted by molar-refractivity contribution is 0.196. The highest BCUT2D eigenvalue weighted by Crippen LogP contribution is 2.28. The van der Waals surface area contributed by atoms with Crippen LogP contribution in [0.25, 0.3) is 0 Å². The molecule has 0 aliphatic heterocycles. The summed E-state index contributed by atoms with van der Waals surface area (Å²) in [6, 6.07) is 6.61. The molecule has 1 fully saturated rings. The predicted molar refractivity (Wildman–Crippen MR) is 79.3 cm³/mol. The van der Waals surface area contributed by atoms with Crippen LogP contribution in [-0.4, -0.2) is 31.5 Å². The van der Waals surface area contributed by atoms with Crippen LogP contribution < -0.4 is 14.8 Å². The predicted octanol–water partition coefficient (Wildman–Crippen LogP) is 2.49. The Bertz CT molecular complexity index is 403. The van der Waals surface area contributed by atoms with E-state index in [9.17, 15) is 0 Å². The van der Waals surface area contributed by atoms with Crippen LogP contribution in [0.2, 0.25) is 0 Å². The first-order valence-corrected chi connectivity index (χ1v) is 7.47. The van der Waals surface area contributed by atoms with Crippen LogP contribution in [0.1, 0.15) is 37.7 Å². The van der Waals surface area contributed by atoms with Crippen LogP contribution in [-0.2, 0) is 6.54 Å². The third-order valence-corrected chi connectivity index (χ3v) is 3.78. The molecule has 0 aromatic heterocycles. The molecule has 0 radical (unpaired) electrons. The highest BCUT2D eigenvalue weighted by atomic mass is 16.5. The number of ether oxygens (including phenoxy) is 2. The SMILES string of the molecule is COc1cc(CNC2CCCCC2)ccc1OCCO. The molecule has 4 nitrogen and oxygen atoms in total. The maximum Gasteiger partial charge on any atom is 0.161 e. The number of hydrogen-bond acceptors (Lipinski definition) is 4. The molecule has 20 heavy (non-hydrogen) atoms. The lowest BCUT2D eigenvalue weighted by Gasteiger charge is -2.23. The molecule has 1 aliphatic rings. The second kappa shape index (κ2) is 8.12. The first-order valence-electron chi connectivity index (χ1n) is 7.47. The summed E-state index contributed by atoms with van der Waals surface area (Å²) >= 11 is 0. The minimum absolute atomic E-state index is 0.00808. The third kappa shape index (κ3) is 4.39. The standard InChI is InChI=1S/C16H25NO3/c1-19-16-11-13(7-8-15(16)20-10-9-18)12-17-14-5-3-2-4-6-14/h7-8,11,14,17-18H,2-6,9-10,12H2,1H3. The summed E-state index contributed by atoms with van der Waals surface area (Å²) in [5.41, 5.74) is 1.20. The van der Waals surface area contributed by atoms with Gasteiger partial charge in [0.25, 0.3) is 0 Å². The van der Waals surface area contributed by atoms with Crippen LogP contribution in [0, 0.1) is 0 Å². The van der Waals surface area contributed by atoms with Gasteiger partial charge in [0.05, 0.1) is 13.7 Å². The van der Waals surface area contributed by atoms with Gasteiger partial charge in [-0.05, 0) is 30.5 Å². The first kappa shape index (κ1) is 15.1. The van der Waals surface area contributed by atoms with Gasteiger partial charge in [-0.2, -0.15) is 0 Å². The molecule has 0 saturated heterocycles. The molecular weight excluding hydrogens is 254 g/mol. The summed E-state index contributed by atoms with van der Waals surface area (Å²) < 4.78 is 10.8. The zero-order chi connectivity index (χ0) is 14.2. The quantitative estimate of drug-likeness (QED) is 0.805. The maximum atomic E-state index is 8.80. The van der Waals surface area contributed by atoms with Gasteiger partial charge in [0.1, 0.15) is 6.61 Å². The molecule has 2 N–H and O–H groups in total. The Morgan fingerprint density at radius 2 is 2.00 bits per heavy atom. The van der Waals surface area contributed by atoms with Crippen molar-refractivity contribution in [2.75, 3.05) is 20.3 Å². The Morgan fingerprint density at radius 3 is 2.70 bits per heavy atom. The van der Waals surface area contributed by atoms with E-state index >= 15 is 0 Å². The van der Waals surface area contributed by atoms with Crippen LogP contribution in [0.4, 0.5) is 0 Å². The zero-order valence-electron chi connectivity index (χ0n) is 12.2. The second-order valence-electron chi connectivity index (χ2n) is 5.27. The molecule has 0 heterocycles. The van der Waals surface area contributed by atoms with Crippen LogP contribution in [0.3, 0.4) is 0 Å². The van der Waals surface area contributed by atoms with Gasteiger partial charge >= 0.3 is 0 Å². The van der Waals surface area contributed by atoms with Crippen molar-refractivity contribution in [3.05, 3.63) is 23.8 Å². The van der Waals surface area contributed by atoms with E-state index in [1.807, 2.05) is 18.2 Å². The van der Waals surface area contributed by atoms with E-state index in [0.29, 0.717) is 11.8 Å². The number of benzene rings is 1. The summed E-state index contributed by atoms with van der Waals surface area (Å²) in [6.07, 6.45) is 6.64. The van der Waals surface area contributed by atoms with Crippen LogP contribution >= 0.6 is 0 Å². The Labute approximate surface area is 121 Å². The van der Waals surface area contributed by atoms with Crippen molar-refractivity contribution in [1.82, 2.24) is 5.32 Å². The van der Waals surface area contributed by atoms with Crippen molar-refractivity contribution in [1.29, 1.82) is 0 Å². The lowest BCUT2D eigenvalue weighted by Crippen LogP contribution is -2.30. The minimum Gasteiger partial charge on any atom is -0.493 e. The minimum atomic E-state index is 0.00808. The number of aliphatic hydroxyl groups is 1. The molecule has 0 bridgehead atoms. The Hall–Kier alpha value is -1.26. The number of methoxy groups -OCH3 is 1. The second-order valence-corrected chi connectivity index (χ2v) is 5.27.